The maximum atomic E-state index is 6.28. The molecular formula is C24H23BrCl2N2O2. The number of anilines is 2. The summed E-state index contributed by atoms with van der Waals surface area (Å²) in [6.45, 7) is 4.36. The van der Waals surface area contributed by atoms with Gasteiger partial charge >= 0.3 is 0 Å². The van der Waals surface area contributed by atoms with Crippen LogP contribution in [0.15, 0.2) is 65.1 Å². The number of morpholine rings is 1. The number of benzene rings is 3. The molecule has 4 nitrogen and oxygen atoms in total. The summed E-state index contributed by atoms with van der Waals surface area (Å²) in [5.74, 6) is 0.789. The third-order valence-corrected chi connectivity index (χ3v) is 6.38. The Labute approximate surface area is 201 Å². The lowest BCUT2D eigenvalue weighted by Crippen LogP contribution is -2.36. The Kier molecular flexibility index (Phi) is 7.62. The van der Waals surface area contributed by atoms with Crippen molar-refractivity contribution in [3.05, 3.63) is 86.3 Å². The molecule has 0 unspecified atom stereocenters. The lowest BCUT2D eigenvalue weighted by molar-refractivity contribution is 0.122. The number of nitrogens with one attached hydrogen (secondary N) is 1. The molecule has 7 heteroatoms. The highest BCUT2D eigenvalue weighted by molar-refractivity contribution is 9.10. The summed E-state index contributed by atoms with van der Waals surface area (Å²) in [7, 11) is 0. The van der Waals surface area contributed by atoms with E-state index in [1.54, 1.807) is 0 Å². The van der Waals surface area contributed by atoms with Gasteiger partial charge in [0.25, 0.3) is 0 Å². The van der Waals surface area contributed by atoms with Crippen LogP contribution >= 0.6 is 39.1 Å². The summed E-state index contributed by atoms with van der Waals surface area (Å²) in [6, 6.07) is 19.9. The van der Waals surface area contributed by atoms with Crippen molar-refractivity contribution in [2.45, 2.75) is 13.2 Å². The van der Waals surface area contributed by atoms with Gasteiger partial charge in [0.15, 0.2) is 0 Å². The van der Waals surface area contributed by atoms with Crippen molar-refractivity contribution in [1.82, 2.24) is 0 Å². The lowest BCUT2D eigenvalue weighted by atomic mass is 10.2. The predicted octanol–water partition coefficient (Wildman–Crippen LogP) is 6.78. The number of hydrogen-bond donors (Lipinski definition) is 1. The van der Waals surface area contributed by atoms with E-state index in [4.69, 9.17) is 32.7 Å². The first kappa shape index (κ1) is 22.3. The zero-order valence-corrected chi connectivity index (χ0v) is 20.0. The van der Waals surface area contributed by atoms with Crippen molar-refractivity contribution in [3.8, 4) is 5.75 Å². The van der Waals surface area contributed by atoms with E-state index in [1.165, 1.54) is 5.69 Å². The smallest absolute Gasteiger partial charge is 0.124 e. The Balaban J connectivity index is 1.42. The van der Waals surface area contributed by atoms with E-state index in [2.05, 4.69) is 56.5 Å². The minimum Gasteiger partial charge on any atom is -0.488 e. The van der Waals surface area contributed by atoms with E-state index in [1.807, 2.05) is 30.3 Å². The summed E-state index contributed by atoms with van der Waals surface area (Å²) in [5.41, 5.74) is 4.09. The lowest BCUT2D eigenvalue weighted by Gasteiger charge is -2.29. The molecule has 1 saturated heterocycles. The number of rotatable bonds is 7. The van der Waals surface area contributed by atoms with Crippen molar-refractivity contribution in [2.24, 2.45) is 0 Å². The molecule has 1 fully saturated rings. The third kappa shape index (κ3) is 5.86. The van der Waals surface area contributed by atoms with Crippen LogP contribution in [-0.4, -0.2) is 26.3 Å². The van der Waals surface area contributed by atoms with Crippen LogP contribution in [0.2, 0.25) is 10.0 Å². The van der Waals surface area contributed by atoms with Gasteiger partial charge in [0, 0.05) is 56.7 Å². The monoisotopic (exact) mass is 520 g/mol. The van der Waals surface area contributed by atoms with Crippen molar-refractivity contribution in [1.29, 1.82) is 0 Å². The highest BCUT2D eigenvalue weighted by Crippen LogP contribution is 2.29. The molecule has 4 rings (SSSR count). The fourth-order valence-electron chi connectivity index (χ4n) is 3.46. The Morgan fingerprint density at radius 3 is 2.39 bits per heavy atom. The molecule has 0 bridgehead atoms. The van der Waals surface area contributed by atoms with Gasteiger partial charge in [-0.25, -0.2) is 0 Å². The van der Waals surface area contributed by atoms with Gasteiger partial charge in [0.05, 0.1) is 13.2 Å². The van der Waals surface area contributed by atoms with Crippen molar-refractivity contribution in [2.75, 3.05) is 36.5 Å². The first-order valence-electron chi connectivity index (χ1n) is 10.1. The molecule has 0 aromatic heterocycles. The van der Waals surface area contributed by atoms with Crippen LogP contribution in [0.25, 0.3) is 0 Å². The molecule has 3 aromatic carbocycles. The van der Waals surface area contributed by atoms with Crippen molar-refractivity contribution in [3.63, 3.8) is 0 Å². The Morgan fingerprint density at radius 1 is 0.968 bits per heavy atom. The zero-order valence-electron chi connectivity index (χ0n) is 16.9. The van der Waals surface area contributed by atoms with Crippen LogP contribution in [0.4, 0.5) is 11.4 Å². The molecule has 162 valence electrons. The molecule has 1 heterocycles. The number of halogens is 3. The number of ether oxygens (including phenoxy) is 2. The minimum absolute atomic E-state index is 0.307. The average Bonchev–Trinajstić information content (AvgIpc) is 2.79. The molecule has 0 spiro atoms. The van der Waals surface area contributed by atoms with Crippen molar-refractivity contribution >= 4 is 50.5 Å². The summed E-state index contributed by atoms with van der Waals surface area (Å²) >= 11 is 16.1. The second kappa shape index (κ2) is 10.6. The van der Waals surface area contributed by atoms with E-state index in [0.717, 1.165) is 53.3 Å². The maximum Gasteiger partial charge on any atom is 0.124 e. The highest BCUT2D eigenvalue weighted by atomic mass is 79.9. The summed E-state index contributed by atoms with van der Waals surface area (Å²) in [4.78, 5) is 2.34. The second-order valence-electron chi connectivity index (χ2n) is 7.24. The molecule has 0 saturated carbocycles. The van der Waals surface area contributed by atoms with Gasteiger partial charge in [0.2, 0.25) is 0 Å². The summed E-state index contributed by atoms with van der Waals surface area (Å²) in [5, 5.41) is 4.69. The second-order valence-corrected chi connectivity index (χ2v) is 8.97. The van der Waals surface area contributed by atoms with E-state index in [9.17, 15) is 0 Å². The summed E-state index contributed by atoms with van der Waals surface area (Å²) in [6.07, 6.45) is 0. The number of nitrogens with zero attached hydrogens (tertiary/aromatic N) is 1. The van der Waals surface area contributed by atoms with Crippen LogP contribution < -0.4 is 15.0 Å². The molecular weight excluding hydrogens is 499 g/mol. The first-order chi connectivity index (χ1) is 15.1. The quantitative estimate of drug-likeness (QED) is 0.371. The number of hydrogen-bond acceptors (Lipinski definition) is 4. The molecule has 31 heavy (non-hydrogen) atoms. The average molecular weight is 522 g/mol. The normalized spacial score (nSPS) is 13.8. The van der Waals surface area contributed by atoms with E-state index < -0.39 is 0 Å². The van der Waals surface area contributed by atoms with E-state index in [0.29, 0.717) is 23.2 Å². The predicted molar refractivity (Wildman–Crippen MR) is 132 cm³/mol. The molecule has 1 aliphatic heterocycles. The van der Waals surface area contributed by atoms with Crippen LogP contribution in [0.1, 0.15) is 11.1 Å². The highest BCUT2D eigenvalue weighted by Gasteiger charge is 2.12. The molecule has 3 aromatic rings. The SMILES string of the molecule is Clc1cccc(Cl)c1COc1ccc(Br)cc1CNc1ccc(N2CCOCC2)cc1. The molecule has 0 atom stereocenters. The van der Waals surface area contributed by atoms with Gasteiger partial charge < -0.3 is 19.7 Å². The minimum atomic E-state index is 0.307. The van der Waals surface area contributed by atoms with Crippen LogP contribution in [0, 0.1) is 0 Å². The van der Waals surface area contributed by atoms with E-state index >= 15 is 0 Å². The van der Waals surface area contributed by atoms with Gasteiger partial charge in [-0.05, 0) is 54.6 Å². The molecule has 0 aliphatic carbocycles. The topological polar surface area (TPSA) is 33.7 Å². The Morgan fingerprint density at radius 2 is 1.68 bits per heavy atom. The molecule has 0 radical (unpaired) electrons. The van der Waals surface area contributed by atoms with Crippen LogP contribution in [-0.2, 0) is 17.9 Å². The first-order valence-corrected chi connectivity index (χ1v) is 11.7. The van der Waals surface area contributed by atoms with Gasteiger partial charge in [-0.3, -0.25) is 0 Å². The largest absolute Gasteiger partial charge is 0.488 e. The van der Waals surface area contributed by atoms with Crippen LogP contribution in [0.5, 0.6) is 5.75 Å². The fraction of sp³-hybridized carbons (Fsp3) is 0.250. The maximum absolute atomic E-state index is 6.28. The third-order valence-electron chi connectivity index (χ3n) is 5.18. The summed E-state index contributed by atoms with van der Waals surface area (Å²) < 4.78 is 12.5. The standard InChI is InChI=1S/C24H23BrCl2N2O2/c25-18-4-9-24(31-16-21-22(26)2-1-3-23(21)27)17(14-18)15-28-19-5-7-20(8-6-19)29-10-12-30-13-11-29/h1-9,14,28H,10-13,15-16H2. The van der Waals surface area contributed by atoms with Gasteiger partial charge in [-0.15, -0.1) is 0 Å². The van der Waals surface area contributed by atoms with Gasteiger partial charge in [0.1, 0.15) is 12.4 Å². The molecule has 1 N–H and O–H groups in total. The zero-order chi connectivity index (χ0) is 21.6. The fourth-order valence-corrected chi connectivity index (χ4v) is 4.37. The molecule has 0 amide bonds. The van der Waals surface area contributed by atoms with Crippen molar-refractivity contribution < 1.29 is 9.47 Å². The Bertz CT molecular complexity index is 1000. The van der Waals surface area contributed by atoms with Gasteiger partial charge in [-0.2, -0.15) is 0 Å². The Hall–Kier alpha value is -1.92. The van der Waals surface area contributed by atoms with Gasteiger partial charge in [-0.1, -0.05) is 45.2 Å². The van der Waals surface area contributed by atoms with E-state index in [-0.39, 0.29) is 0 Å². The van der Waals surface area contributed by atoms with Crippen LogP contribution in [0.3, 0.4) is 0 Å². The molecule has 1 aliphatic rings.